The molecule has 4 rings (SSSR count). The summed E-state index contributed by atoms with van der Waals surface area (Å²) < 4.78 is 28.7. The van der Waals surface area contributed by atoms with Crippen molar-refractivity contribution in [3.8, 4) is 0 Å². The Bertz CT molecular complexity index is 1340. The Hall–Kier alpha value is -1.32. The molecule has 0 heterocycles. The summed E-state index contributed by atoms with van der Waals surface area (Å²) in [6.45, 7) is 20.5. The minimum absolute atomic E-state index is 0.0188. The molecule has 8 N–H and O–H groups in total. The van der Waals surface area contributed by atoms with Crippen LogP contribution in [0.2, 0.25) is 0 Å². The van der Waals surface area contributed by atoms with Crippen LogP contribution in [0.25, 0.3) is 0 Å². The molecule has 0 aliphatic heterocycles. The van der Waals surface area contributed by atoms with Crippen molar-refractivity contribution in [1.29, 1.82) is 0 Å². The lowest BCUT2D eigenvalue weighted by Gasteiger charge is -2.58. The van der Waals surface area contributed by atoms with Crippen LogP contribution in [0.15, 0.2) is 11.6 Å². The first-order valence-electron chi connectivity index (χ1n) is 26.2. The standard InChI is InChI=1S/C52H97N5O7/c1-39(2)11-8-12-40(3)44-16-17-45-43-15-14-41-37-42(18-22-51(41,4)46(43)19-23-52(44,45)5)64-29-9-13-49(58)48(55)38-63-36-35-62-34-33-61-32-31-60-30-21-50(59)47(54)20-28-57-26-7-6-25-56-27-10-24-53/h14,39-40,42-48,56-57H,6-13,15-38,53-55H2,1-5H3/t40-,42+,43+,44-,45+,46+,47?,48?,51+,52-/m1/s1. The van der Waals surface area contributed by atoms with E-state index in [-0.39, 0.29) is 24.3 Å². The number of carbonyl (C=O) groups is 2. The average Bonchev–Trinajstić information content (AvgIpc) is 3.64. The summed E-state index contributed by atoms with van der Waals surface area (Å²) in [5.41, 5.74) is 20.2. The van der Waals surface area contributed by atoms with Gasteiger partial charge in [-0.1, -0.05) is 65.5 Å². The quantitative estimate of drug-likeness (QED) is 0.0315. The number of allylic oxidation sites excluding steroid dienone is 1. The molecule has 12 heteroatoms. The van der Waals surface area contributed by atoms with Crippen LogP contribution in [0.1, 0.15) is 150 Å². The Morgan fingerprint density at radius 3 is 2.05 bits per heavy atom. The maximum atomic E-state index is 12.7. The first-order valence-corrected chi connectivity index (χ1v) is 26.2. The smallest absolute Gasteiger partial charge is 0.151 e. The topological polar surface area (TPSA) is 182 Å². The zero-order valence-corrected chi connectivity index (χ0v) is 41.5. The van der Waals surface area contributed by atoms with Crippen LogP contribution in [0, 0.1) is 46.3 Å². The molecule has 12 nitrogen and oxygen atoms in total. The van der Waals surface area contributed by atoms with E-state index in [4.69, 9.17) is 40.9 Å². The molecule has 0 saturated heterocycles. The van der Waals surface area contributed by atoms with Gasteiger partial charge >= 0.3 is 0 Å². The Kier molecular flexibility index (Phi) is 26.1. The second kappa shape index (κ2) is 30.2. The number of rotatable bonds is 37. The number of ether oxygens (including phenoxy) is 5. The van der Waals surface area contributed by atoms with Crippen LogP contribution in [-0.2, 0) is 33.3 Å². The van der Waals surface area contributed by atoms with E-state index < -0.39 is 12.1 Å². The molecular weight excluding hydrogens is 807 g/mol. The highest BCUT2D eigenvalue weighted by molar-refractivity contribution is 5.84. The Balaban J connectivity index is 0.948. The molecule has 0 spiro atoms. The van der Waals surface area contributed by atoms with Crippen molar-refractivity contribution in [3.63, 3.8) is 0 Å². The van der Waals surface area contributed by atoms with Gasteiger partial charge in [-0.05, 0) is 163 Å². The van der Waals surface area contributed by atoms with E-state index in [0.29, 0.717) is 89.4 Å². The Morgan fingerprint density at radius 1 is 0.688 bits per heavy atom. The predicted octanol–water partition coefficient (Wildman–Crippen LogP) is 7.14. The van der Waals surface area contributed by atoms with Crippen LogP contribution in [0.5, 0.6) is 0 Å². The van der Waals surface area contributed by atoms with Crippen molar-refractivity contribution < 1.29 is 33.3 Å². The number of unbranched alkanes of at least 4 members (excludes halogenated alkanes) is 1. The second-order valence-electron chi connectivity index (χ2n) is 21.1. The lowest BCUT2D eigenvalue weighted by Crippen LogP contribution is -2.51. The molecule has 4 aliphatic carbocycles. The van der Waals surface area contributed by atoms with Gasteiger partial charge < -0.3 is 51.5 Å². The fourth-order valence-electron chi connectivity index (χ4n) is 12.2. The van der Waals surface area contributed by atoms with E-state index >= 15 is 0 Å². The number of nitrogens with one attached hydrogen (secondary N) is 2. The lowest BCUT2D eigenvalue weighted by atomic mass is 9.47. The number of hydrogen-bond donors (Lipinski definition) is 5. The van der Waals surface area contributed by atoms with Gasteiger partial charge in [0.2, 0.25) is 0 Å². The molecule has 3 saturated carbocycles. The van der Waals surface area contributed by atoms with Gasteiger partial charge in [-0.3, -0.25) is 9.59 Å². The summed E-state index contributed by atoms with van der Waals surface area (Å²) in [5.74, 6) is 5.17. The van der Waals surface area contributed by atoms with E-state index in [1.165, 1.54) is 57.8 Å². The van der Waals surface area contributed by atoms with Crippen molar-refractivity contribution in [1.82, 2.24) is 10.6 Å². The van der Waals surface area contributed by atoms with Crippen LogP contribution >= 0.6 is 0 Å². The van der Waals surface area contributed by atoms with Gasteiger partial charge in [0.05, 0.1) is 71.0 Å². The van der Waals surface area contributed by atoms with Crippen LogP contribution in [0.4, 0.5) is 0 Å². The number of ketones is 2. The number of carbonyl (C=O) groups excluding carboxylic acids is 2. The van der Waals surface area contributed by atoms with Crippen molar-refractivity contribution in [2.45, 2.75) is 168 Å². The number of nitrogens with two attached hydrogens (primary N) is 3. The van der Waals surface area contributed by atoms with Crippen molar-refractivity contribution in [2.75, 3.05) is 92.2 Å². The summed E-state index contributed by atoms with van der Waals surface area (Å²) in [6.07, 6.45) is 22.7. The van der Waals surface area contributed by atoms with Gasteiger partial charge in [0.15, 0.2) is 11.6 Å². The van der Waals surface area contributed by atoms with Crippen LogP contribution in [-0.4, -0.2) is 122 Å². The Morgan fingerprint density at radius 2 is 1.34 bits per heavy atom. The summed E-state index contributed by atoms with van der Waals surface area (Å²) in [5, 5.41) is 6.74. The van der Waals surface area contributed by atoms with E-state index in [0.717, 1.165) is 100 Å². The molecule has 64 heavy (non-hydrogen) atoms. The third-order valence-corrected chi connectivity index (χ3v) is 16.1. The van der Waals surface area contributed by atoms with Crippen molar-refractivity contribution in [2.24, 2.45) is 63.5 Å². The van der Waals surface area contributed by atoms with Gasteiger partial charge in [-0.25, -0.2) is 0 Å². The summed E-state index contributed by atoms with van der Waals surface area (Å²) >= 11 is 0. The fourth-order valence-corrected chi connectivity index (χ4v) is 12.2. The maximum absolute atomic E-state index is 12.7. The van der Waals surface area contributed by atoms with E-state index in [1.807, 2.05) is 0 Å². The van der Waals surface area contributed by atoms with E-state index in [2.05, 4.69) is 51.3 Å². The zero-order chi connectivity index (χ0) is 46.2. The molecule has 372 valence electrons. The molecule has 2 unspecified atom stereocenters. The average molecular weight is 904 g/mol. The summed E-state index contributed by atoms with van der Waals surface area (Å²) in [4.78, 5) is 25.0. The van der Waals surface area contributed by atoms with E-state index in [9.17, 15) is 9.59 Å². The predicted molar refractivity (Wildman–Crippen MR) is 259 cm³/mol. The van der Waals surface area contributed by atoms with Gasteiger partial charge in [-0.2, -0.15) is 0 Å². The SMILES string of the molecule is CC(C)CCC[C@@H](C)[C@H]1CC[C@H]2[C@@H]3CC=C4C[C@@H](OCCCC(=O)C(N)COCCOCCOCCOCCC(=O)C(N)CCNCCCCNCCCN)CC[C@]4(C)[C@H]3CC[C@]12C. The van der Waals surface area contributed by atoms with Crippen molar-refractivity contribution in [3.05, 3.63) is 11.6 Å². The number of fused-ring (bicyclic) bond motifs is 5. The molecular formula is C52H97N5O7. The van der Waals surface area contributed by atoms with Gasteiger partial charge in [0.1, 0.15) is 0 Å². The van der Waals surface area contributed by atoms with Gasteiger partial charge in [0.25, 0.3) is 0 Å². The highest BCUT2D eigenvalue weighted by Crippen LogP contribution is 2.67. The fraction of sp³-hybridized carbons (Fsp3) is 0.923. The third-order valence-electron chi connectivity index (χ3n) is 16.1. The lowest BCUT2D eigenvalue weighted by molar-refractivity contribution is -0.123. The molecule has 0 aromatic heterocycles. The molecule has 0 aromatic carbocycles. The minimum atomic E-state index is -0.636. The number of Topliss-reactive ketones (excluding diaryl/α,β-unsaturated/α-hetero) is 2. The number of hydrogen-bond acceptors (Lipinski definition) is 12. The normalized spacial score (nSPS) is 28.0. The largest absolute Gasteiger partial charge is 0.379 e. The molecule has 0 amide bonds. The van der Waals surface area contributed by atoms with E-state index in [1.54, 1.807) is 5.57 Å². The molecule has 3 fully saturated rings. The van der Waals surface area contributed by atoms with Gasteiger partial charge in [0, 0.05) is 19.4 Å². The van der Waals surface area contributed by atoms with Crippen LogP contribution < -0.4 is 27.8 Å². The highest BCUT2D eigenvalue weighted by Gasteiger charge is 2.59. The molecule has 0 radical (unpaired) electrons. The third kappa shape index (κ3) is 18.0. The van der Waals surface area contributed by atoms with Crippen LogP contribution in [0.3, 0.4) is 0 Å². The Labute approximate surface area is 390 Å². The summed E-state index contributed by atoms with van der Waals surface area (Å²) in [6, 6.07) is -1.10. The van der Waals surface area contributed by atoms with Gasteiger partial charge in [-0.15, -0.1) is 0 Å². The molecule has 0 bridgehead atoms. The summed E-state index contributed by atoms with van der Waals surface area (Å²) in [7, 11) is 0. The highest BCUT2D eigenvalue weighted by atomic mass is 16.6. The maximum Gasteiger partial charge on any atom is 0.151 e. The second-order valence-corrected chi connectivity index (χ2v) is 21.1. The van der Waals surface area contributed by atoms with Crippen molar-refractivity contribution >= 4 is 11.6 Å². The first kappa shape index (κ1) is 55.3. The molecule has 0 aromatic rings. The molecule has 10 atom stereocenters. The zero-order valence-electron chi connectivity index (χ0n) is 41.5. The minimum Gasteiger partial charge on any atom is -0.379 e. The molecule has 4 aliphatic rings. The monoisotopic (exact) mass is 904 g/mol. The first-order chi connectivity index (χ1) is 30.9.